The Morgan fingerprint density at radius 3 is 2.53 bits per heavy atom. The Morgan fingerprint density at radius 2 is 1.94 bits per heavy atom. The smallest absolute Gasteiger partial charge is 0.183 e. The third-order valence-electron chi connectivity index (χ3n) is 3.46. The van der Waals surface area contributed by atoms with Gasteiger partial charge in [0.1, 0.15) is 0 Å². The average Bonchev–Trinajstić information content (AvgIpc) is 2.39. The first kappa shape index (κ1) is 12.6. The van der Waals surface area contributed by atoms with Crippen LogP contribution in [0.5, 0.6) is 0 Å². The second-order valence-electron chi connectivity index (χ2n) is 4.90. The highest BCUT2D eigenvalue weighted by Gasteiger charge is 2.43. The van der Waals surface area contributed by atoms with Crippen LogP contribution in [0.1, 0.15) is 42.5 Å². The van der Waals surface area contributed by atoms with E-state index in [0.717, 1.165) is 23.1 Å². The molecule has 1 aliphatic heterocycles. The number of hydrogen-bond donors (Lipinski definition) is 1. The van der Waals surface area contributed by atoms with Crippen molar-refractivity contribution in [2.24, 2.45) is 5.73 Å². The van der Waals surface area contributed by atoms with Gasteiger partial charge in [-0.3, -0.25) is 0 Å². The average molecular weight is 253 g/mol. The highest BCUT2D eigenvalue weighted by atomic mass is 32.2. The Hall–Kier alpha value is -0.870. The molecule has 0 radical (unpaired) electrons. The second kappa shape index (κ2) is 4.10. The number of fused-ring (bicyclic) bond motifs is 1. The molecule has 0 spiro atoms. The topological polar surface area (TPSA) is 60.2 Å². The van der Waals surface area contributed by atoms with E-state index in [1.807, 2.05) is 32.9 Å². The molecule has 0 amide bonds. The lowest BCUT2D eigenvalue weighted by atomic mass is 9.98. The van der Waals surface area contributed by atoms with Gasteiger partial charge in [-0.1, -0.05) is 31.0 Å². The van der Waals surface area contributed by atoms with E-state index in [-0.39, 0.29) is 6.04 Å². The molecule has 2 N–H and O–H groups in total. The van der Waals surface area contributed by atoms with Crippen LogP contribution in [0.25, 0.3) is 0 Å². The first-order chi connectivity index (χ1) is 7.89. The van der Waals surface area contributed by atoms with Crippen molar-refractivity contribution in [3.63, 3.8) is 0 Å². The fraction of sp³-hybridized carbons (Fsp3) is 0.538. The molecule has 4 heteroatoms. The summed E-state index contributed by atoms with van der Waals surface area (Å²) in [6.45, 7) is 5.81. The van der Waals surface area contributed by atoms with Gasteiger partial charge in [-0.05, 0) is 31.4 Å². The summed E-state index contributed by atoms with van der Waals surface area (Å²) in [4.78, 5) is 0.481. The van der Waals surface area contributed by atoms with E-state index in [0.29, 0.717) is 11.3 Å². The predicted octanol–water partition coefficient (Wildman–Crippen LogP) is 2.26. The minimum Gasteiger partial charge on any atom is -0.323 e. The normalized spacial score (nSPS) is 25.9. The highest BCUT2D eigenvalue weighted by Crippen LogP contribution is 2.41. The van der Waals surface area contributed by atoms with Crippen molar-refractivity contribution in [3.05, 3.63) is 28.8 Å². The molecule has 94 valence electrons. The fourth-order valence-electron chi connectivity index (χ4n) is 2.79. The van der Waals surface area contributed by atoms with E-state index in [9.17, 15) is 8.42 Å². The van der Waals surface area contributed by atoms with Gasteiger partial charge < -0.3 is 5.73 Å². The minimum absolute atomic E-state index is 0.367. The van der Waals surface area contributed by atoms with Crippen LogP contribution in [0.15, 0.2) is 17.0 Å². The van der Waals surface area contributed by atoms with Crippen LogP contribution >= 0.6 is 0 Å². The molecule has 17 heavy (non-hydrogen) atoms. The maximum atomic E-state index is 12.4. The van der Waals surface area contributed by atoms with Crippen LogP contribution < -0.4 is 5.73 Å². The fourth-order valence-corrected chi connectivity index (χ4v) is 5.20. The number of aryl methyl sites for hydroxylation is 2. The van der Waals surface area contributed by atoms with Crippen molar-refractivity contribution in [2.45, 2.75) is 49.8 Å². The molecule has 1 aliphatic rings. The molecule has 1 aromatic carbocycles. The summed E-state index contributed by atoms with van der Waals surface area (Å²) in [5.74, 6) is 0. The summed E-state index contributed by atoms with van der Waals surface area (Å²) in [5, 5.41) is -0.442. The first-order valence-electron chi connectivity index (χ1n) is 6.00. The van der Waals surface area contributed by atoms with Crippen LogP contribution in [0.4, 0.5) is 0 Å². The summed E-state index contributed by atoms with van der Waals surface area (Å²) in [6.07, 6.45) is 1.47. The Labute approximate surface area is 103 Å². The van der Waals surface area contributed by atoms with Gasteiger partial charge in [-0.2, -0.15) is 0 Å². The standard InChI is InChI=1S/C13H19NO2S/c1-4-5-11-12(14)10-7-8(2)6-9(3)13(10)17(11,15)16/h6-7,11-12H,4-5,14H2,1-3H3. The summed E-state index contributed by atoms with van der Waals surface area (Å²) < 4.78 is 24.9. The minimum atomic E-state index is -3.23. The molecule has 0 fully saturated rings. The lowest BCUT2D eigenvalue weighted by Crippen LogP contribution is -2.26. The number of rotatable bonds is 2. The van der Waals surface area contributed by atoms with Gasteiger partial charge in [0, 0.05) is 6.04 Å². The van der Waals surface area contributed by atoms with Gasteiger partial charge in [-0.25, -0.2) is 8.42 Å². The third kappa shape index (κ3) is 1.79. The van der Waals surface area contributed by atoms with Crippen molar-refractivity contribution in [2.75, 3.05) is 0 Å². The molecule has 2 atom stereocenters. The largest absolute Gasteiger partial charge is 0.323 e. The zero-order valence-corrected chi connectivity index (χ0v) is 11.3. The number of sulfone groups is 1. The monoisotopic (exact) mass is 253 g/mol. The molecule has 1 heterocycles. The van der Waals surface area contributed by atoms with Crippen molar-refractivity contribution >= 4 is 9.84 Å². The molecule has 2 unspecified atom stereocenters. The maximum Gasteiger partial charge on any atom is 0.183 e. The van der Waals surface area contributed by atoms with E-state index in [1.54, 1.807) is 0 Å². The van der Waals surface area contributed by atoms with Gasteiger partial charge in [0.2, 0.25) is 0 Å². The van der Waals surface area contributed by atoms with Gasteiger partial charge in [0.15, 0.2) is 9.84 Å². The molecule has 0 bridgehead atoms. The molecule has 3 nitrogen and oxygen atoms in total. The summed E-state index contributed by atoms with van der Waals surface area (Å²) in [7, 11) is -3.23. The Morgan fingerprint density at radius 1 is 1.29 bits per heavy atom. The lowest BCUT2D eigenvalue weighted by Gasteiger charge is -2.13. The van der Waals surface area contributed by atoms with E-state index in [2.05, 4.69) is 0 Å². The van der Waals surface area contributed by atoms with E-state index in [1.165, 1.54) is 0 Å². The lowest BCUT2D eigenvalue weighted by molar-refractivity contribution is 0.555. The summed E-state index contributed by atoms with van der Waals surface area (Å²) in [6, 6.07) is 3.46. The van der Waals surface area contributed by atoms with E-state index in [4.69, 9.17) is 5.73 Å². The molecule has 0 saturated heterocycles. The second-order valence-corrected chi connectivity index (χ2v) is 7.00. The van der Waals surface area contributed by atoms with Gasteiger partial charge in [0.25, 0.3) is 0 Å². The van der Waals surface area contributed by atoms with Crippen molar-refractivity contribution in [1.29, 1.82) is 0 Å². The van der Waals surface area contributed by atoms with Crippen molar-refractivity contribution in [3.8, 4) is 0 Å². The molecular weight excluding hydrogens is 234 g/mol. The predicted molar refractivity (Wildman–Crippen MR) is 68.7 cm³/mol. The molecule has 0 aromatic heterocycles. The van der Waals surface area contributed by atoms with Crippen LogP contribution in [-0.2, 0) is 9.84 Å². The Kier molecular flexibility index (Phi) is 3.04. The number of nitrogens with two attached hydrogens (primary N) is 1. The quantitative estimate of drug-likeness (QED) is 0.879. The number of benzene rings is 1. The van der Waals surface area contributed by atoms with Crippen LogP contribution in [0.3, 0.4) is 0 Å². The number of hydrogen-bond acceptors (Lipinski definition) is 3. The van der Waals surface area contributed by atoms with Crippen molar-refractivity contribution < 1.29 is 8.42 Å². The zero-order valence-electron chi connectivity index (χ0n) is 10.5. The first-order valence-corrected chi connectivity index (χ1v) is 7.54. The molecule has 1 aromatic rings. The molecule has 2 rings (SSSR count). The molecular formula is C13H19NO2S. The Bertz CT molecular complexity index is 549. The van der Waals surface area contributed by atoms with Crippen molar-refractivity contribution in [1.82, 2.24) is 0 Å². The maximum absolute atomic E-state index is 12.4. The molecule has 0 saturated carbocycles. The zero-order chi connectivity index (χ0) is 12.8. The van der Waals surface area contributed by atoms with Gasteiger partial charge in [-0.15, -0.1) is 0 Å². The Balaban J connectivity index is 2.67. The highest BCUT2D eigenvalue weighted by molar-refractivity contribution is 7.92. The van der Waals surface area contributed by atoms with Crippen LogP contribution in [0, 0.1) is 13.8 Å². The van der Waals surface area contributed by atoms with E-state index < -0.39 is 15.1 Å². The molecule has 0 aliphatic carbocycles. The summed E-state index contributed by atoms with van der Waals surface area (Å²) in [5.41, 5.74) is 8.82. The van der Waals surface area contributed by atoms with Crippen LogP contribution in [0.2, 0.25) is 0 Å². The summed E-state index contributed by atoms with van der Waals surface area (Å²) >= 11 is 0. The van der Waals surface area contributed by atoms with Gasteiger partial charge >= 0.3 is 0 Å². The SMILES string of the molecule is CCCC1C(N)c2cc(C)cc(C)c2S1(=O)=O. The van der Waals surface area contributed by atoms with E-state index >= 15 is 0 Å². The van der Waals surface area contributed by atoms with Gasteiger partial charge in [0.05, 0.1) is 10.1 Å². The van der Waals surface area contributed by atoms with Crippen LogP contribution in [-0.4, -0.2) is 13.7 Å². The third-order valence-corrected chi connectivity index (χ3v) is 5.92.